The molecule has 1 fully saturated rings. The normalized spacial score (nSPS) is 23.0. The molecule has 1 N–H and O–H groups in total. The fraction of sp³-hybridized carbons (Fsp3) is 0.333. The minimum atomic E-state index is 0.288. The predicted octanol–water partition coefficient (Wildman–Crippen LogP) is 2.61. The Morgan fingerprint density at radius 3 is 2.77 bits per heavy atom. The van der Waals surface area contributed by atoms with E-state index in [2.05, 4.69) is 4.72 Å². The zero-order chi connectivity index (χ0) is 9.10. The van der Waals surface area contributed by atoms with Crippen LogP contribution in [0.3, 0.4) is 0 Å². The van der Waals surface area contributed by atoms with Crippen LogP contribution in [0.2, 0.25) is 5.02 Å². The molecule has 0 amide bonds. The molecule has 0 spiro atoms. The lowest BCUT2D eigenvalue weighted by Crippen LogP contribution is -2.25. The van der Waals surface area contributed by atoms with Crippen molar-refractivity contribution in [2.75, 3.05) is 12.5 Å². The molecule has 0 saturated carbocycles. The fourth-order valence-corrected chi connectivity index (χ4v) is 2.01. The van der Waals surface area contributed by atoms with Crippen molar-refractivity contribution in [3.05, 3.63) is 34.9 Å². The van der Waals surface area contributed by atoms with Crippen molar-refractivity contribution in [1.82, 2.24) is 4.72 Å². The molecule has 1 aliphatic heterocycles. The van der Waals surface area contributed by atoms with Gasteiger partial charge in [0, 0.05) is 5.02 Å². The first-order valence-corrected chi connectivity index (χ1v) is 5.43. The highest BCUT2D eigenvalue weighted by Crippen LogP contribution is 2.21. The molecule has 1 atom stereocenters. The quantitative estimate of drug-likeness (QED) is 0.728. The zero-order valence-electron chi connectivity index (χ0n) is 7.00. The number of benzene rings is 1. The van der Waals surface area contributed by atoms with E-state index in [1.807, 2.05) is 24.3 Å². The lowest BCUT2D eigenvalue weighted by atomic mass is 10.1. The average Bonchev–Trinajstić information content (AvgIpc) is 2.20. The van der Waals surface area contributed by atoms with Gasteiger partial charge in [0.25, 0.3) is 0 Å². The number of nitrogens with one attached hydrogen (secondary N) is 1. The Bertz CT molecular complexity index is 271. The van der Waals surface area contributed by atoms with Crippen molar-refractivity contribution >= 4 is 23.5 Å². The lowest BCUT2D eigenvalue weighted by Gasteiger charge is -2.23. The van der Waals surface area contributed by atoms with Gasteiger partial charge in [-0.3, -0.25) is 4.72 Å². The van der Waals surface area contributed by atoms with Gasteiger partial charge >= 0.3 is 0 Å². The summed E-state index contributed by atoms with van der Waals surface area (Å²) in [5.41, 5.74) is 1.22. The molecular formula is C9H10ClNOS. The van der Waals surface area contributed by atoms with Gasteiger partial charge in [-0.25, -0.2) is 0 Å². The fourth-order valence-electron chi connectivity index (χ4n) is 1.24. The van der Waals surface area contributed by atoms with Crippen molar-refractivity contribution in [2.24, 2.45) is 0 Å². The third kappa shape index (κ3) is 2.38. The standard InChI is InChI=1S/C9H10ClNOS/c10-8-3-1-7(2-4-8)9-5-12-6-13-11-9/h1-4,9,11H,5-6H2. The molecule has 13 heavy (non-hydrogen) atoms. The molecule has 1 heterocycles. The number of ether oxygens (including phenoxy) is 1. The second kappa shape index (κ2) is 4.33. The van der Waals surface area contributed by atoms with Gasteiger partial charge in [0.15, 0.2) is 0 Å². The van der Waals surface area contributed by atoms with Crippen LogP contribution in [0.25, 0.3) is 0 Å². The molecule has 0 bridgehead atoms. The van der Waals surface area contributed by atoms with Gasteiger partial charge < -0.3 is 4.74 Å². The monoisotopic (exact) mass is 215 g/mol. The summed E-state index contributed by atoms with van der Waals surface area (Å²) in [6.45, 7) is 0.731. The summed E-state index contributed by atoms with van der Waals surface area (Å²) >= 11 is 7.39. The van der Waals surface area contributed by atoms with E-state index in [0.29, 0.717) is 0 Å². The highest BCUT2D eigenvalue weighted by Gasteiger charge is 2.14. The molecule has 4 heteroatoms. The van der Waals surface area contributed by atoms with E-state index < -0.39 is 0 Å². The van der Waals surface area contributed by atoms with Crippen LogP contribution in [0.5, 0.6) is 0 Å². The van der Waals surface area contributed by atoms with Crippen LogP contribution in [0, 0.1) is 0 Å². The Hall–Kier alpha value is -0.220. The van der Waals surface area contributed by atoms with Crippen LogP contribution < -0.4 is 4.72 Å². The number of halogens is 1. The summed E-state index contributed by atoms with van der Waals surface area (Å²) in [5, 5.41) is 0.771. The van der Waals surface area contributed by atoms with Crippen molar-refractivity contribution in [2.45, 2.75) is 6.04 Å². The van der Waals surface area contributed by atoms with Gasteiger partial charge in [0.2, 0.25) is 0 Å². The van der Waals surface area contributed by atoms with Crippen molar-refractivity contribution in [3.63, 3.8) is 0 Å². The first-order valence-electron chi connectivity index (χ1n) is 4.07. The van der Waals surface area contributed by atoms with Crippen LogP contribution in [-0.2, 0) is 4.74 Å². The summed E-state index contributed by atoms with van der Waals surface area (Å²) in [6, 6.07) is 8.14. The molecule has 1 saturated heterocycles. The SMILES string of the molecule is Clc1ccc(C2COCSN2)cc1. The van der Waals surface area contributed by atoms with Crippen molar-refractivity contribution in [1.29, 1.82) is 0 Å². The Morgan fingerprint density at radius 1 is 1.38 bits per heavy atom. The van der Waals surface area contributed by atoms with Gasteiger partial charge in [-0.15, -0.1) is 0 Å². The molecule has 2 rings (SSSR count). The number of rotatable bonds is 1. The van der Waals surface area contributed by atoms with Crippen molar-refractivity contribution < 1.29 is 4.74 Å². The molecule has 70 valence electrons. The zero-order valence-corrected chi connectivity index (χ0v) is 8.57. The van der Waals surface area contributed by atoms with E-state index in [9.17, 15) is 0 Å². The average molecular weight is 216 g/mol. The minimum Gasteiger partial charge on any atom is -0.368 e. The van der Waals surface area contributed by atoms with E-state index in [4.69, 9.17) is 16.3 Å². The molecular weight excluding hydrogens is 206 g/mol. The maximum absolute atomic E-state index is 5.79. The molecule has 1 unspecified atom stereocenters. The number of hydrogen-bond donors (Lipinski definition) is 1. The molecule has 1 aromatic rings. The first kappa shape index (κ1) is 9.34. The van der Waals surface area contributed by atoms with E-state index in [0.717, 1.165) is 17.6 Å². The van der Waals surface area contributed by atoms with Crippen molar-refractivity contribution in [3.8, 4) is 0 Å². The highest BCUT2D eigenvalue weighted by molar-refractivity contribution is 7.97. The molecule has 0 aliphatic carbocycles. The van der Waals surface area contributed by atoms with E-state index in [-0.39, 0.29) is 6.04 Å². The smallest absolute Gasteiger partial charge is 0.106 e. The van der Waals surface area contributed by atoms with Gasteiger partial charge in [-0.1, -0.05) is 35.7 Å². The van der Waals surface area contributed by atoms with Gasteiger partial charge in [0.05, 0.1) is 12.6 Å². The minimum absolute atomic E-state index is 0.288. The second-order valence-corrected chi connectivity index (χ2v) is 4.05. The van der Waals surface area contributed by atoms with Gasteiger partial charge in [-0.05, 0) is 17.7 Å². The van der Waals surface area contributed by atoms with Gasteiger partial charge in [0.1, 0.15) is 5.94 Å². The summed E-state index contributed by atoms with van der Waals surface area (Å²) in [7, 11) is 0. The molecule has 1 aliphatic rings. The Morgan fingerprint density at radius 2 is 2.15 bits per heavy atom. The van der Waals surface area contributed by atoms with Crippen LogP contribution in [0.15, 0.2) is 24.3 Å². The lowest BCUT2D eigenvalue weighted by molar-refractivity contribution is 0.150. The largest absolute Gasteiger partial charge is 0.368 e. The van der Waals surface area contributed by atoms with Crippen LogP contribution >= 0.6 is 23.5 Å². The topological polar surface area (TPSA) is 21.3 Å². The van der Waals surface area contributed by atoms with Crippen LogP contribution in [-0.4, -0.2) is 12.5 Å². The summed E-state index contributed by atoms with van der Waals surface area (Å²) < 4.78 is 8.64. The number of hydrogen-bond acceptors (Lipinski definition) is 3. The summed E-state index contributed by atoms with van der Waals surface area (Å²) in [6.07, 6.45) is 0. The third-order valence-corrected chi connectivity index (χ3v) is 2.91. The Labute approximate surface area is 86.7 Å². The van der Waals surface area contributed by atoms with E-state index in [1.165, 1.54) is 5.56 Å². The molecule has 0 radical (unpaired) electrons. The Kier molecular flexibility index (Phi) is 3.11. The maximum Gasteiger partial charge on any atom is 0.106 e. The second-order valence-electron chi connectivity index (χ2n) is 2.85. The predicted molar refractivity (Wildman–Crippen MR) is 55.7 cm³/mol. The summed E-state index contributed by atoms with van der Waals surface area (Å²) in [4.78, 5) is 0. The van der Waals surface area contributed by atoms with E-state index >= 15 is 0 Å². The van der Waals surface area contributed by atoms with Crippen LogP contribution in [0.1, 0.15) is 11.6 Å². The third-order valence-electron chi connectivity index (χ3n) is 1.92. The van der Waals surface area contributed by atoms with E-state index in [1.54, 1.807) is 11.9 Å². The van der Waals surface area contributed by atoms with Crippen LogP contribution in [0.4, 0.5) is 0 Å². The Balaban J connectivity index is 2.10. The molecule has 0 aromatic heterocycles. The summed E-state index contributed by atoms with van der Waals surface area (Å²) in [5.74, 6) is 0.726. The first-order chi connectivity index (χ1) is 6.36. The maximum atomic E-state index is 5.79. The molecule has 1 aromatic carbocycles. The molecule has 2 nitrogen and oxygen atoms in total. The highest BCUT2D eigenvalue weighted by atomic mass is 35.5. The van der Waals surface area contributed by atoms with Gasteiger partial charge in [-0.2, -0.15) is 0 Å².